The number of hydrogen-bond donors (Lipinski definition) is 1. The van der Waals surface area contributed by atoms with Crippen LogP contribution in [0, 0.1) is 11.7 Å². The third-order valence-electron chi connectivity index (χ3n) is 3.56. The largest absolute Gasteiger partial charge is 0.329 e. The average molecular weight is 275 g/mol. The molecule has 4 nitrogen and oxygen atoms in total. The Morgan fingerprint density at radius 3 is 2.67 bits per heavy atom. The zero-order chi connectivity index (χ0) is 13.1. The second-order valence-electron chi connectivity index (χ2n) is 4.81. The van der Waals surface area contributed by atoms with Gasteiger partial charge in [-0.2, -0.15) is 4.39 Å². The smallest absolute Gasteiger partial charge is 0.295 e. The number of hydrogen-bond acceptors (Lipinski definition) is 2. The topological polar surface area (TPSA) is 54.9 Å². The lowest BCUT2D eigenvalue weighted by Crippen LogP contribution is -2.37. The molecular weight excluding hydrogens is 259 g/mol. The fourth-order valence-electron chi connectivity index (χ4n) is 2.56. The van der Waals surface area contributed by atoms with Crippen LogP contribution in [0.25, 0.3) is 0 Å². The number of nitrogens with one attached hydrogen (secondary N) is 1. The number of halogens is 2. The Balaban J connectivity index is 2.03. The molecule has 0 aliphatic heterocycles. The van der Waals surface area contributed by atoms with Crippen molar-refractivity contribution in [2.24, 2.45) is 5.92 Å². The van der Waals surface area contributed by atoms with Crippen molar-refractivity contribution in [1.82, 2.24) is 9.55 Å². The molecule has 0 spiro atoms. The first-order chi connectivity index (χ1) is 8.59. The summed E-state index contributed by atoms with van der Waals surface area (Å²) < 4.78 is 14.1. The molecule has 1 fully saturated rings. The van der Waals surface area contributed by atoms with Crippen LogP contribution in [0.1, 0.15) is 38.5 Å². The summed E-state index contributed by atoms with van der Waals surface area (Å²) in [6, 6.07) is 0. The Hall–Kier alpha value is -1.10. The molecule has 100 valence electrons. The maximum atomic E-state index is 13.3. The van der Waals surface area contributed by atoms with Gasteiger partial charge in [-0.05, 0) is 18.8 Å². The van der Waals surface area contributed by atoms with Gasteiger partial charge in [0.1, 0.15) is 0 Å². The lowest BCUT2D eigenvalue weighted by molar-refractivity contribution is 0.442. The van der Waals surface area contributed by atoms with E-state index in [0.717, 1.165) is 11.0 Å². The molecule has 0 atom stereocenters. The maximum Gasteiger partial charge on any atom is 0.329 e. The van der Waals surface area contributed by atoms with Crippen molar-refractivity contribution in [2.75, 3.05) is 0 Å². The highest BCUT2D eigenvalue weighted by Crippen LogP contribution is 2.28. The summed E-state index contributed by atoms with van der Waals surface area (Å²) >= 11 is 5.38. The van der Waals surface area contributed by atoms with Crippen molar-refractivity contribution in [3.05, 3.63) is 31.8 Å². The second-order valence-corrected chi connectivity index (χ2v) is 5.19. The van der Waals surface area contributed by atoms with E-state index in [-0.39, 0.29) is 6.54 Å². The van der Waals surface area contributed by atoms with Crippen molar-refractivity contribution in [2.45, 2.75) is 45.1 Å². The number of rotatable bonds is 4. The van der Waals surface area contributed by atoms with Crippen LogP contribution in [0.2, 0.25) is 5.15 Å². The standard InChI is InChI=1S/C12H16ClFN2O2/c13-10-9(14)11(17)16(12(18)15-10)7-3-6-8-4-1-2-5-8/h8H,1-7H2,(H,15,18). The summed E-state index contributed by atoms with van der Waals surface area (Å²) in [7, 11) is 0. The van der Waals surface area contributed by atoms with E-state index in [1.165, 1.54) is 25.7 Å². The molecule has 1 saturated carbocycles. The van der Waals surface area contributed by atoms with Crippen molar-refractivity contribution in [3.8, 4) is 0 Å². The minimum Gasteiger partial charge on any atom is -0.295 e. The molecule has 0 amide bonds. The average Bonchev–Trinajstić information content (AvgIpc) is 2.84. The van der Waals surface area contributed by atoms with Crippen LogP contribution in [0.5, 0.6) is 0 Å². The molecular formula is C12H16ClFN2O2. The summed E-state index contributed by atoms with van der Waals surface area (Å²) in [6.45, 7) is 0.249. The monoisotopic (exact) mass is 274 g/mol. The highest BCUT2D eigenvalue weighted by molar-refractivity contribution is 6.29. The van der Waals surface area contributed by atoms with Gasteiger partial charge >= 0.3 is 5.69 Å². The van der Waals surface area contributed by atoms with Gasteiger partial charge in [-0.1, -0.05) is 37.3 Å². The molecule has 0 unspecified atom stereocenters. The molecule has 1 aromatic heterocycles. The van der Waals surface area contributed by atoms with Crippen LogP contribution in [0.15, 0.2) is 9.59 Å². The first kappa shape index (κ1) is 13.3. The molecule has 2 rings (SSSR count). The lowest BCUT2D eigenvalue weighted by Gasteiger charge is -2.09. The van der Waals surface area contributed by atoms with E-state index in [0.29, 0.717) is 12.3 Å². The minimum atomic E-state index is -1.09. The predicted octanol–water partition coefficient (Wildman–Crippen LogP) is 2.30. The molecule has 1 aromatic rings. The molecule has 1 aliphatic rings. The Bertz CT molecular complexity index is 532. The Morgan fingerprint density at radius 1 is 1.33 bits per heavy atom. The molecule has 1 N–H and O–H groups in total. The van der Waals surface area contributed by atoms with E-state index < -0.39 is 22.2 Å². The van der Waals surface area contributed by atoms with E-state index in [1.807, 2.05) is 0 Å². The van der Waals surface area contributed by atoms with Crippen LogP contribution in [0.4, 0.5) is 4.39 Å². The third kappa shape index (κ3) is 2.83. The molecule has 1 heterocycles. The SMILES string of the molecule is O=c1[nH]c(Cl)c(F)c(=O)n1CCCC1CCCC1. The Labute approximate surface area is 109 Å². The molecule has 18 heavy (non-hydrogen) atoms. The molecule has 6 heteroatoms. The van der Waals surface area contributed by atoms with Crippen LogP contribution in [0.3, 0.4) is 0 Å². The predicted molar refractivity (Wildman–Crippen MR) is 67.5 cm³/mol. The minimum absolute atomic E-state index is 0.249. The number of H-pyrrole nitrogens is 1. The van der Waals surface area contributed by atoms with E-state index >= 15 is 0 Å². The maximum absolute atomic E-state index is 13.3. The Morgan fingerprint density at radius 2 is 2.00 bits per heavy atom. The van der Waals surface area contributed by atoms with E-state index in [2.05, 4.69) is 4.98 Å². The van der Waals surface area contributed by atoms with Gasteiger partial charge in [0.15, 0.2) is 5.15 Å². The molecule has 1 aliphatic carbocycles. The third-order valence-corrected chi connectivity index (χ3v) is 3.82. The van der Waals surface area contributed by atoms with Crippen LogP contribution in [-0.4, -0.2) is 9.55 Å². The summed E-state index contributed by atoms with van der Waals surface area (Å²) in [4.78, 5) is 25.1. The fourth-order valence-corrected chi connectivity index (χ4v) is 2.72. The summed E-state index contributed by atoms with van der Waals surface area (Å²) in [5.74, 6) is -0.394. The van der Waals surface area contributed by atoms with Crippen molar-refractivity contribution in [1.29, 1.82) is 0 Å². The molecule has 0 radical (unpaired) electrons. The highest BCUT2D eigenvalue weighted by atomic mass is 35.5. The van der Waals surface area contributed by atoms with Gasteiger partial charge in [0.2, 0.25) is 5.82 Å². The van der Waals surface area contributed by atoms with Gasteiger partial charge in [0.25, 0.3) is 5.56 Å². The highest BCUT2D eigenvalue weighted by Gasteiger charge is 2.16. The van der Waals surface area contributed by atoms with Gasteiger partial charge < -0.3 is 0 Å². The Kier molecular flexibility index (Phi) is 4.22. The zero-order valence-electron chi connectivity index (χ0n) is 10.0. The molecule has 0 bridgehead atoms. The fraction of sp³-hybridized carbons (Fsp3) is 0.667. The first-order valence-corrected chi connectivity index (χ1v) is 6.65. The van der Waals surface area contributed by atoms with E-state index in [4.69, 9.17) is 11.6 Å². The summed E-state index contributed by atoms with van der Waals surface area (Å²) in [6.07, 6.45) is 6.67. The van der Waals surface area contributed by atoms with E-state index in [1.54, 1.807) is 0 Å². The van der Waals surface area contributed by atoms with Crippen molar-refractivity contribution < 1.29 is 4.39 Å². The van der Waals surface area contributed by atoms with Crippen molar-refractivity contribution in [3.63, 3.8) is 0 Å². The normalized spacial score (nSPS) is 16.3. The first-order valence-electron chi connectivity index (χ1n) is 6.27. The van der Waals surface area contributed by atoms with Gasteiger partial charge in [-0.25, -0.2) is 4.79 Å². The van der Waals surface area contributed by atoms with Gasteiger partial charge in [-0.15, -0.1) is 0 Å². The van der Waals surface area contributed by atoms with Gasteiger partial charge in [0.05, 0.1) is 0 Å². The molecule has 0 aromatic carbocycles. The van der Waals surface area contributed by atoms with Crippen LogP contribution < -0.4 is 11.2 Å². The quantitative estimate of drug-likeness (QED) is 0.857. The number of nitrogens with zero attached hydrogens (tertiary/aromatic N) is 1. The molecule has 0 saturated heterocycles. The van der Waals surface area contributed by atoms with E-state index in [9.17, 15) is 14.0 Å². The van der Waals surface area contributed by atoms with Crippen molar-refractivity contribution >= 4 is 11.6 Å². The summed E-state index contributed by atoms with van der Waals surface area (Å²) in [5, 5.41) is -0.517. The van der Waals surface area contributed by atoms with Gasteiger partial charge in [0, 0.05) is 6.54 Å². The second kappa shape index (κ2) is 5.69. The van der Waals surface area contributed by atoms with Gasteiger partial charge in [-0.3, -0.25) is 14.3 Å². The van der Waals surface area contributed by atoms with Crippen LogP contribution in [-0.2, 0) is 6.54 Å². The number of aromatic amines is 1. The lowest BCUT2D eigenvalue weighted by atomic mass is 10.0. The van der Waals surface area contributed by atoms with Crippen LogP contribution >= 0.6 is 11.6 Å². The zero-order valence-corrected chi connectivity index (χ0v) is 10.8. The summed E-state index contributed by atoms with van der Waals surface area (Å²) in [5.41, 5.74) is -1.58. The number of aromatic nitrogens is 2.